The summed E-state index contributed by atoms with van der Waals surface area (Å²) < 4.78 is 5.29. The summed E-state index contributed by atoms with van der Waals surface area (Å²) in [6.07, 6.45) is 0. The molecule has 1 heterocycles. The highest BCUT2D eigenvalue weighted by atomic mass is 16.5. The van der Waals surface area contributed by atoms with Crippen LogP contribution in [0.25, 0.3) is 33.2 Å². The number of pyridine rings is 1. The highest BCUT2D eigenvalue weighted by Crippen LogP contribution is 2.33. The number of ether oxygens (including phenoxy) is 1. The minimum atomic E-state index is 0.240. The van der Waals surface area contributed by atoms with Crippen molar-refractivity contribution in [2.24, 2.45) is 0 Å². The maximum Gasteiger partial charge on any atom is 0.142 e. The maximum atomic E-state index is 9.62. The lowest BCUT2D eigenvalue weighted by molar-refractivity contribution is 0.415. The predicted octanol–water partition coefficient (Wildman–Crippen LogP) is 5.03. The number of rotatable bonds is 3. The van der Waals surface area contributed by atoms with E-state index in [1.165, 1.54) is 0 Å². The normalized spacial score (nSPS) is 10.5. The third kappa shape index (κ3) is 3.07. The summed E-state index contributed by atoms with van der Waals surface area (Å²) >= 11 is 0. The van der Waals surface area contributed by atoms with Gasteiger partial charge in [0.05, 0.1) is 12.8 Å². The third-order valence-electron chi connectivity index (χ3n) is 4.59. The van der Waals surface area contributed by atoms with Crippen LogP contribution < -0.4 is 10.5 Å². The number of hydrogen-bond acceptors (Lipinski definition) is 4. The van der Waals surface area contributed by atoms with Crippen LogP contribution in [0.4, 0.5) is 5.82 Å². The van der Waals surface area contributed by atoms with E-state index in [4.69, 9.17) is 10.5 Å². The van der Waals surface area contributed by atoms with Gasteiger partial charge in [-0.15, -0.1) is 0 Å². The molecule has 0 aliphatic heterocycles. The molecule has 0 spiro atoms. The number of benzene rings is 3. The highest BCUT2D eigenvalue weighted by molar-refractivity contribution is 5.90. The fourth-order valence-corrected chi connectivity index (χ4v) is 3.19. The standard InChI is InChI=1S/C23H17N3O/c1-27-19-10-9-16-11-18(8-7-17(16)12-19)20-13-22(15-5-3-2-4-6-15)26-23(25)21(20)14-24/h2-13H,1H3,(H2,25,26). The molecule has 4 heteroatoms. The first kappa shape index (κ1) is 16.6. The molecule has 0 aliphatic rings. The zero-order valence-electron chi connectivity index (χ0n) is 14.8. The van der Waals surface area contributed by atoms with Crippen molar-refractivity contribution in [3.63, 3.8) is 0 Å². The molecule has 4 rings (SSSR count). The summed E-state index contributed by atoms with van der Waals surface area (Å²) in [6, 6.07) is 25.9. The molecule has 4 nitrogen and oxygen atoms in total. The zero-order valence-corrected chi connectivity index (χ0v) is 14.8. The predicted molar refractivity (Wildman–Crippen MR) is 108 cm³/mol. The van der Waals surface area contributed by atoms with Crippen molar-refractivity contribution >= 4 is 16.6 Å². The first-order valence-electron chi connectivity index (χ1n) is 8.54. The third-order valence-corrected chi connectivity index (χ3v) is 4.59. The quantitative estimate of drug-likeness (QED) is 0.562. The summed E-state index contributed by atoms with van der Waals surface area (Å²) in [5.74, 6) is 1.05. The van der Waals surface area contributed by atoms with Crippen LogP contribution in [0.15, 0.2) is 72.8 Å². The molecule has 0 saturated heterocycles. The van der Waals surface area contributed by atoms with Gasteiger partial charge in [0.1, 0.15) is 23.2 Å². The Labute approximate surface area is 157 Å². The second kappa shape index (κ2) is 6.81. The monoisotopic (exact) mass is 351 g/mol. The molecule has 2 N–H and O–H groups in total. The topological polar surface area (TPSA) is 71.9 Å². The summed E-state index contributed by atoms with van der Waals surface area (Å²) in [5.41, 5.74) is 9.91. The molecule has 0 fully saturated rings. The lowest BCUT2D eigenvalue weighted by atomic mass is 9.96. The first-order chi connectivity index (χ1) is 13.2. The van der Waals surface area contributed by atoms with E-state index in [0.717, 1.165) is 38.9 Å². The fourth-order valence-electron chi connectivity index (χ4n) is 3.19. The van der Waals surface area contributed by atoms with Gasteiger partial charge in [-0.2, -0.15) is 5.26 Å². The van der Waals surface area contributed by atoms with Gasteiger partial charge >= 0.3 is 0 Å². The molecule has 0 saturated carbocycles. The van der Waals surface area contributed by atoms with Gasteiger partial charge in [0.2, 0.25) is 0 Å². The minimum Gasteiger partial charge on any atom is -0.497 e. The molecule has 3 aromatic carbocycles. The largest absolute Gasteiger partial charge is 0.497 e. The Morgan fingerprint density at radius 2 is 1.63 bits per heavy atom. The van der Waals surface area contributed by atoms with Gasteiger partial charge in [0.15, 0.2) is 0 Å². The van der Waals surface area contributed by atoms with Crippen LogP contribution in [-0.4, -0.2) is 12.1 Å². The number of nitriles is 1. The van der Waals surface area contributed by atoms with Gasteiger partial charge in [0.25, 0.3) is 0 Å². The van der Waals surface area contributed by atoms with E-state index in [1.54, 1.807) is 7.11 Å². The van der Waals surface area contributed by atoms with Crippen molar-refractivity contribution in [2.45, 2.75) is 0 Å². The van der Waals surface area contributed by atoms with Crippen LogP contribution in [0.2, 0.25) is 0 Å². The molecule has 130 valence electrons. The van der Waals surface area contributed by atoms with E-state index in [2.05, 4.69) is 17.1 Å². The average molecular weight is 351 g/mol. The Hall–Kier alpha value is -3.84. The number of fused-ring (bicyclic) bond motifs is 1. The Kier molecular flexibility index (Phi) is 4.19. The van der Waals surface area contributed by atoms with Crippen molar-refractivity contribution in [3.05, 3.63) is 78.4 Å². The second-order valence-electron chi connectivity index (χ2n) is 6.22. The minimum absolute atomic E-state index is 0.240. The van der Waals surface area contributed by atoms with Crippen molar-refractivity contribution in [3.8, 4) is 34.2 Å². The number of nitrogens with two attached hydrogens (primary N) is 1. The smallest absolute Gasteiger partial charge is 0.142 e. The molecular weight excluding hydrogens is 334 g/mol. The Morgan fingerprint density at radius 1 is 0.889 bits per heavy atom. The van der Waals surface area contributed by atoms with Crippen molar-refractivity contribution < 1.29 is 4.74 Å². The molecule has 0 atom stereocenters. The molecule has 0 amide bonds. The summed E-state index contributed by atoms with van der Waals surface area (Å²) in [7, 11) is 1.65. The van der Waals surface area contributed by atoms with Crippen molar-refractivity contribution in [2.75, 3.05) is 12.8 Å². The van der Waals surface area contributed by atoms with Crippen LogP contribution >= 0.6 is 0 Å². The highest BCUT2D eigenvalue weighted by Gasteiger charge is 2.14. The Balaban J connectivity index is 1.91. The number of nitrogens with zero attached hydrogens (tertiary/aromatic N) is 2. The van der Waals surface area contributed by atoms with Crippen molar-refractivity contribution in [1.82, 2.24) is 4.98 Å². The molecule has 0 aliphatic carbocycles. The van der Waals surface area contributed by atoms with Gasteiger partial charge in [-0.3, -0.25) is 0 Å². The number of aromatic nitrogens is 1. The molecule has 27 heavy (non-hydrogen) atoms. The van der Waals surface area contributed by atoms with Crippen LogP contribution in [0, 0.1) is 11.3 Å². The lowest BCUT2D eigenvalue weighted by Gasteiger charge is -2.11. The Bertz CT molecular complexity index is 1180. The van der Waals surface area contributed by atoms with Gasteiger partial charge in [0, 0.05) is 11.1 Å². The second-order valence-corrected chi connectivity index (χ2v) is 6.22. The first-order valence-corrected chi connectivity index (χ1v) is 8.54. The van der Waals surface area contributed by atoms with E-state index in [0.29, 0.717) is 5.56 Å². The fraction of sp³-hybridized carbons (Fsp3) is 0.0435. The molecular formula is C23H17N3O. The summed E-state index contributed by atoms with van der Waals surface area (Å²) in [5, 5.41) is 11.8. The molecule has 0 radical (unpaired) electrons. The van der Waals surface area contributed by atoms with Gasteiger partial charge in [-0.05, 0) is 40.6 Å². The van der Waals surface area contributed by atoms with Gasteiger partial charge < -0.3 is 10.5 Å². The number of hydrogen-bond donors (Lipinski definition) is 1. The number of anilines is 1. The van der Waals surface area contributed by atoms with Crippen molar-refractivity contribution in [1.29, 1.82) is 5.26 Å². The van der Waals surface area contributed by atoms with E-state index in [9.17, 15) is 5.26 Å². The molecule has 4 aromatic rings. The zero-order chi connectivity index (χ0) is 18.8. The number of methoxy groups -OCH3 is 1. The SMILES string of the molecule is COc1ccc2cc(-c3cc(-c4ccccc4)nc(N)c3C#N)ccc2c1. The Morgan fingerprint density at radius 3 is 2.37 bits per heavy atom. The van der Waals surface area contributed by atoms with Crippen LogP contribution in [0.3, 0.4) is 0 Å². The van der Waals surface area contributed by atoms with E-state index < -0.39 is 0 Å². The lowest BCUT2D eigenvalue weighted by Crippen LogP contribution is -1.99. The van der Waals surface area contributed by atoms with Crippen LogP contribution in [0.1, 0.15) is 5.56 Å². The van der Waals surface area contributed by atoms with Crippen LogP contribution in [-0.2, 0) is 0 Å². The van der Waals surface area contributed by atoms with E-state index in [1.807, 2.05) is 66.7 Å². The molecule has 1 aromatic heterocycles. The van der Waals surface area contributed by atoms with Crippen LogP contribution in [0.5, 0.6) is 5.75 Å². The molecule has 0 unspecified atom stereocenters. The van der Waals surface area contributed by atoms with Gasteiger partial charge in [-0.25, -0.2) is 4.98 Å². The van der Waals surface area contributed by atoms with E-state index >= 15 is 0 Å². The van der Waals surface area contributed by atoms with Gasteiger partial charge in [-0.1, -0.05) is 48.5 Å². The van der Waals surface area contributed by atoms with E-state index in [-0.39, 0.29) is 5.82 Å². The number of nitrogen functional groups attached to an aromatic ring is 1. The summed E-state index contributed by atoms with van der Waals surface area (Å²) in [4.78, 5) is 4.42. The molecule has 0 bridgehead atoms. The average Bonchev–Trinajstić information content (AvgIpc) is 2.73. The maximum absolute atomic E-state index is 9.62. The summed E-state index contributed by atoms with van der Waals surface area (Å²) in [6.45, 7) is 0.